The average molecular weight is 218 g/mol. The van der Waals surface area contributed by atoms with E-state index in [4.69, 9.17) is 5.73 Å². The molecule has 0 saturated heterocycles. The van der Waals surface area contributed by atoms with E-state index in [-0.39, 0.29) is 5.91 Å². The predicted molar refractivity (Wildman–Crippen MR) is 63.9 cm³/mol. The first-order valence-electron chi connectivity index (χ1n) is 5.83. The summed E-state index contributed by atoms with van der Waals surface area (Å²) in [4.78, 5) is 13.1. The molecule has 3 heteroatoms. The van der Waals surface area contributed by atoms with Gasteiger partial charge in [-0.3, -0.25) is 9.69 Å². The molecular weight excluding hydrogens is 200 g/mol. The standard InChI is InChI=1S/C13H18N2O/c14-13(16)7-9-15-8-3-6-11-4-1-2-5-12(11)10-15/h1-2,4-5H,3,6-10H2,(H2,14,16). The van der Waals surface area contributed by atoms with Crippen LogP contribution in [0.3, 0.4) is 0 Å². The lowest BCUT2D eigenvalue weighted by Gasteiger charge is -2.19. The Hall–Kier alpha value is -1.35. The topological polar surface area (TPSA) is 46.3 Å². The van der Waals surface area contributed by atoms with Crippen molar-refractivity contribution in [3.63, 3.8) is 0 Å². The maximum Gasteiger partial charge on any atom is 0.218 e. The molecule has 0 radical (unpaired) electrons. The Labute approximate surface area is 96.2 Å². The molecule has 2 rings (SSSR count). The molecule has 3 nitrogen and oxygen atoms in total. The predicted octanol–water partition coefficient (Wildman–Crippen LogP) is 1.31. The SMILES string of the molecule is NC(=O)CCN1CCCc2ccccc2C1. The second-order valence-corrected chi connectivity index (χ2v) is 4.36. The van der Waals surface area contributed by atoms with Gasteiger partial charge in [0, 0.05) is 19.5 Å². The number of fused-ring (bicyclic) bond motifs is 1. The van der Waals surface area contributed by atoms with E-state index < -0.39 is 0 Å². The lowest BCUT2D eigenvalue weighted by Crippen LogP contribution is -2.27. The first-order valence-corrected chi connectivity index (χ1v) is 5.83. The second kappa shape index (κ2) is 5.12. The number of carbonyl (C=O) groups is 1. The van der Waals surface area contributed by atoms with Gasteiger partial charge in [-0.1, -0.05) is 24.3 Å². The van der Waals surface area contributed by atoms with Crippen LogP contribution in [0.25, 0.3) is 0 Å². The lowest BCUT2D eigenvalue weighted by molar-refractivity contribution is -0.118. The van der Waals surface area contributed by atoms with E-state index >= 15 is 0 Å². The summed E-state index contributed by atoms with van der Waals surface area (Å²) in [7, 11) is 0. The Balaban J connectivity index is 2.02. The van der Waals surface area contributed by atoms with Crippen molar-refractivity contribution >= 4 is 5.91 Å². The van der Waals surface area contributed by atoms with Crippen molar-refractivity contribution in [2.75, 3.05) is 13.1 Å². The number of primary amides is 1. The summed E-state index contributed by atoms with van der Waals surface area (Å²) < 4.78 is 0. The van der Waals surface area contributed by atoms with E-state index in [1.165, 1.54) is 11.1 Å². The molecule has 1 aliphatic rings. The molecule has 1 amide bonds. The van der Waals surface area contributed by atoms with Crippen LogP contribution < -0.4 is 5.73 Å². The molecule has 0 spiro atoms. The van der Waals surface area contributed by atoms with Crippen LogP contribution in [-0.2, 0) is 17.8 Å². The van der Waals surface area contributed by atoms with Gasteiger partial charge in [0.25, 0.3) is 0 Å². The fraction of sp³-hybridized carbons (Fsp3) is 0.462. The zero-order chi connectivity index (χ0) is 11.4. The maximum atomic E-state index is 10.8. The normalized spacial score (nSPS) is 16.5. The number of nitrogens with zero attached hydrogens (tertiary/aromatic N) is 1. The van der Waals surface area contributed by atoms with E-state index in [1.807, 2.05) is 0 Å². The molecule has 0 unspecified atom stereocenters. The average Bonchev–Trinajstić information content (AvgIpc) is 2.47. The molecule has 1 aromatic carbocycles. The van der Waals surface area contributed by atoms with E-state index in [0.717, 1.165) is 32.5 Å². The summed E-state index contributed by atoms with van der Waals surface area (Å²) >= 11 is 0. The highest BCUT2D eigenvalue weighted by Gasteiger charge is 2.13. The molecule has 0 aliphatic carbocycles. The second-order valence-electron chi connectivity index (χ2n) is 4.36. The van der Waals surface area contributed by atoms with Gasteiger partial charge in [-0.15, -0.1) is 0 Å². The maximum absolute atomic E-state index is 10.8. The smallest absolute Gasteiger partial charge is 0.218 e. The van der Waals surface area contributed by atoms with Crippen molar-refractivity contribution in [1.29, 1.82) is 0 Å². The number of amides is 1. The summed E-state index contributed by atoms with van der Waals surface area (Å²) in [5.74, 6) is -0.211. The molecule has 0 saturated carbocycles. The van der Waals surface area contributed by atoms with Crippen LogP contribution in [0.1, 0.15) is 24.0 Å². The highest BCUT2D eigenvalue weighted by atomic mass is 16.1. The van der Waals surface area contributed by atoms with Crippen LogP contribution in [0.5, 0.6) is 0 Å². The molecule has 1 aliphatic heterocycles. The minimum absolute atomic E-state index is 0.211. The number of aryl methyl sites for hydroxylation is 1. The quantitative estimate of drug-likeness (QED) is 0.831. The molecule has 0 aromatic heterocycles. The van der Waals surface area contributed by atoms with Gasteiger partial charge >= 0.3 is 0 Å². The fourth-order valence-corrected chi connectivity index (χ4v) is 2.23. The molecule has 86 valence electrons. The summed E-state index contributed by atoms with van der Waals surface area (Å²) in [6.45, 7) is 2.79. The van der Waals surface area contributed by atoms with Gasteiger partial charge in [-0.25, -0.2) is 0 Å². The van der Waals surface area contributed by atoms with Crippen molar-refractivity contribution in [2.24, 2.45) is 5.73 Å². The Kier molecular flexibility index (Phi) is 3.57. The van der Waals surface area contributed by atoms with Crippen molar-refractivity contribution in [3.05, 3.63) is 35.4 Å². The number of benzene rings is 1. The van der Waals surface area contributed by atoms with Crippen LogP contribution in [0.2, 0.25) is 0 Å². The molecule has 1 heterocycles. The zero-order valence-electron chi connectivity index (χ0n) is 9.48. The van der Waals surface area contributed by atoms with Crippen molar-refractivity contribution in [3.8, 4) is 0 Å². The number of carbonyl (C=O) groups excluding carboxylic acids is 1. The fourth-order valence-electron chi connectivity index (χ4n) is 2.23. The Morgan fingerprint density at radius 3 is 2.81 bits per heavy atom. The Morgan fingerprint density at radius 2 is 2.06 bits per heavy atom. The van der Waals surface area contributed by atoms with Gasteiger partial charge < -0.3 is 5.73 Å². The van der Waals surface area contributed by atoms with Crippen LogP contribution in [0, 0.1) is 0 Å². The largest absolute Gasteiger partial charge is 0.370 e. The zero-order valence-corrected chi connectivity index (χ0v) is 9.48. The van der Waals surface area contributed by atoms with E-state index in [2.05, 4.69) is 29.2 Å². The molecule has 0 atom stereocenters. The first-order chi connectivity index (χ1) is 7.75. The van der Waals surface area contributed by atoms with Crippen LogP contribution in [0.4, 0.5) is 0 Å². The van der Waals surface area contributed by atoms with Gasteiger partial charge in [-0.05, 0) is 30.5 Å². The van der Waals surface area contributed by atoms with Crippen LogP contribution in [0.15, 0.2) is 24.3 Å². The summed E-state index contributed by atoms with van der Waals surface area (Å²) in [6.07, 6.45) is 2.77. The molecule has 0 bridgehead atoms. The van der Waals surface area contributed by atoms with E-state index in [0.29, 0.717) is 6.42 Å². The third-order valence-electron chi connectivity index (χ3n) is 3.11. The van der Waals surface area contributed by atoms with Gasteiger partial charge in [0.05, 0.1) is 0 Å². The van der Waals surface area contributed by atoms with Crippen molar-refractivity contribution in [1.82, 2.24) is 4.90 Å². The van der Waals surface area contributed by atoms with Gasteiger partial charge in [0.1, 0.15) is 0 Å². The van der Waals surface area contributed by atoms with Crippen LogP contribution in [-0.4, -0.2) is 23.9 Å². The number of hydrogen-bond donors (Lipinski definition) is 1. The van der Waals surface area contributed by atoms with Gasteiger partial charge in [0.2, 0.25) is 5.91 Å². The molecule has 2 N–H and O–H groups in total. The molecule has 1 aromatic rings. The van der Waals surface area contributed by atoms with Gasteiger partial charge in [0.15, 0.2) is 0 Å². The summed E-state index contributed by atoms with van der Waals surface area (Å²) in [5, 5.41) is 0. The number of hydrogen-bond acceptors (Lipinski definition) is 2. The van der Waals surface area contributed by atoms with Crippen molar-refractivity contribution in [2.45, 2.75) is 25.8 Å². The first kappa shape index (κ1) is 11.1. The number of rotatable bonds is 3. The Bertz CT molecular complexity index is 376. The highest BCUT2D eigenvalue weighted by Crippen LogP contribution is 2.18. The minimum Gasteiger partial charge on any atom is -0.370 e. The minimum atomic E-state index is -0.211. The third kappa shape index (κ3) is 2.83. The third-order valence-corrected chi connectivity index (χ3v) is 3.11. The van der Waals surface area contributed by atoms with E-state index in [9.17, 15) is 4.79 Å². The van der Waals surface area contributed by atoms with E-state index in [1.54, 1.807) is 0 Å². The molecule has 16 heavy (non-hydrogen) atoms. The number of nitrogens with two attached hydrogens (primary N) is 1. The van der Waals surface area contributed by atoms with Crippen molar-refractivity contribution < 1.29 is 4.79 Å². The molecule has 0 fully saturated rings. The molecular formula is C13H18N2O. The van der Waals surface area contributed by atoms with Gasteiger partial charge in [-0.2, -0.15) is 0 Å². The van der Waals surface area contributed by atoms with Crippen LogP contribution >= 0.6 is 0 Å². The monoisotopic (exact) mass is 218 g/mol. The Morgan fingerprint density at radius 1 is 1.31 bits per heavy atom. The summed E-state index contributed by atoms with van der Waals surface area (Å²) in [6, 6.07) is 8.55. The summed E-state index contributed by atoms with van der Waals surface area (Å²) in [5.41, 5.74) is 8.02. The lowest BCUT2D eigenvalue weighted by atomic mass is 10.0. The highest BCUT2D eigenvalue weighted by molar-refractivity contribution is 5.73.